The average molecular weight is 617 g/mol. The molecule has 4 aliphatic rings. The number of carbonyl (C=O) groups is 4. The molecule has 4 amide bonds. The third-order valence-corrected chi connectivity index (χ3v) is 9.18. The predicted octanol–water partition coefficient (Wildman–Crippen LogP) is 3.75. The van der Waals surface area contributed by atoms with Gasteiger partial charge in [0.05, 0.1) is 25.3 Å². The van der Waals surface area contributed by atoms with Gasteiger partial charge in [-0.15, -0.1) is 0 Å². The molecule has 4 N–H and O–H groups in total. The van der Waals surface area contributed by atoms with Crippen molar-refractivity contribution in [1.82, 2.24) is 9.80 Å². The second kappa shape index (κ2) is 9.73. The van der Waals surface area contributed by atoms with Gasteiger partial charge in [-0.25, -0.2) is 0 Å². The molecule has 12 nitrogen and oxygen atoms in total. The number of amides is 4. The fraction of sp³-hybridized carbons (Fsp3) is 0.176. The molecule has 46 heavy (non-hydrogen) atoms. The largest absolute Gasteiger partial charge is 0.497 e. The summed E-state index contributed by atoms with van der Waals surface area (Å²) >= 11 is 0. The van der Waals surface area contributed by atoms with Crippen molar-refractivity contribution in [3.8, 4) is 11.5 Å². The van der Waals surface area contributed by atoms with E-state index in [1.54, 1.807) is 84.9 Å². The number of methoxy groups -OCH3 is 2. The van der Waals surface area contributed by atoms with Gasteiger partial charge in [0.2, 0.25) is 11.3 Å². The van der Waals surface area contributed by atoms with Crippen LogP contribution in [0.4, 0.5) is 22.7 Å². The number of rotatable bonds is 5. The molecule has 2 atom stereocenters. The summed E-state index contributed by atoms with van der Waals surface area (Å²) in [5.41, 5.74) is 0.438. The van der Waals surface area contributed by atoms with Crippen LogP contribution in [0.1, 0.15) is 31.8 Å². The Kier molecular flexibility index (Phi) is 5.82. The summed E-state index contributed by atoms with van der Waals surface area (Å²) < 4.78 is 11.0. The van der Waals surface area contributed by atoms with E-state index in [1.807, 2.05) is 0 Å². The SMILES string of the molecule is COc1ccc2c(c1)C1(Nc3ccccc3C(=O)N1CCN1C(=O)c3ccccc3NC13C(=O)Nc1ccc(OC)cc13)C(=O)N2. The summed E-state index contributed by atoms with van der Waals surface area (Å²) in [4.78, 5) is 59.6. The van der Waals surface area contributed by atoms with E-state index < -0.39 is 35.0 Å². The molecule has 2 spiro atoms. The minimum absolute atomic E-state index is 0.117. The van der Waals surface area contributed by atoms with Gasteiger partial charge in [0.25, 0.3) is 23.6 Å². The predicted molar refractivity (Wildman–Crippen MR) is 169 cm³/mol. The smallest absolute Gasteiger partial charge is 0.276 e. The van der Waals surface area contributed by atoms with Crippen LogP contribution in [0.5, 0.6) is 11.5 Å². The second-order valence-corrected chi connectivity index (χ2v) is 11.4. The maximum Gasteiger partial charge on any atom is 0.276 e. The van der Waals surface area contributed by atoms with Crippen LogP contribution >= 0.6 is 0 Å². The summed E-state index contributed by atoms with van der Waals surface area (Å²) in [6.45, 7) is -0.234. The third-order valence-electron chi connectivity index (χ3n) is 9.18. The first-order valence-corrected chi connectivity index (χ1v) is 14.7. The van der Waals surface area contributed by atoms with Gasteiger partial charge in [-0.05, 0) is 60.7 Å². The molecule has 0 aliphatic carbocycles. The first-order valence-electron chi connectivity index (χ1n) is 14.7. The topological polar surface area (TPSA) is 141 Å². The number of para-hydroxylation sites is 2. The lowest BCUT2D eigenvalue weighted by molar-refractivity contribution is -0.127. The number of anilines is 4. The van der Waals surface area contributed by atoms with E-state index in [-0.39, 0.29) is 13.1 Å². The van der Waals surface area contributed by atoms with Crippen LogP contribution in [0, 0.1) is 0 Å². The third kappa shape index (κ3) is 3.54. The van der Waals surface area contributed by atoms with Crippen molar-refractivity contribution in [3.05, 3.63) is 107 Å². The molecular weight excluding hydrogens is 588 g/mol. The molecule has 0 radical (unpaired) electrons. The highest BCUT2D eigenvalue weighted by molar-refractivity contribution is 6.15. The normalized spacial score (nSPS) is 22.0. The molecule has 0 fully saturated rings. The van der Waals surface area contributed by atoms with E-state index in [9.17, 15) is 19.2 Å². The minimum Gasteiger partial charge on any atom is -0.497 e. The Morgan fingerprint density at radius 2 is 0.978 bits per heavy atom. The zero-order valence-electron chi connectivity index (χ0n) is 24.8. The molecular formula is C34H28N6O6. The number of benzene rings is 4. The highest BCUT2D eigenvalue weighted by Gasteiger charge is 2.59. The van der Waals surface area contributed by atoms with Gasteiger partial charge in [0.15, 0.2) is 0 Å². The highest BCUT2D eigenvalue weighted by Crippen LogP contribution is 2.49. The number of ether oxygens (including phenoxy) is 2. The van der Waals surface area contributed by atoms with Crippen molar-refractivity contribution >= 4 is 46.4 Å². The fourth-order valence-corrected chi connectivity index (χ4v) is 6.99. The monoisotopic (exact) mass is 616 g/mol. The van der Waals surface area contributed by atoms with E-state index in [0.717, 1.165) is 0 Å². The summed E-state index contributed by atoms with van der Waals surface area (Å²) in [7, 11) is 3.05. The van der Waals surface area contributed by atoms with Crippen LogP contribution in [-0.4, -0.2) is 60.7 Å². The Morgan fingerprint density at radius 3 is 1.39 bits per heavy atom. The van der Waals surface area contributed by atoms with Crippen LogP contribution < -0.4 is 30.7 Å². The van der Waals surface area contributed by atoms with E-state index in [0.29, 0.717) is 56.5 Å². The molecule has 4 aliphatic heterocycles. The molecule has 4 heterocycles. The maximum absolute atomic E-state index is 14.4. The fourth-order valence-electron chi connectivity index (χ4n) is 6.99. The highest BCUT2D eigenvalue weighted by atomic mass is 16.5. The minimum atomic E-state index is -1.66. The molecule has 0 bridgehead atoms. The molecule has 4 aromatic rings. The van der Waals surface area contributed by atoms with Crippen molar-refractivity contribution in [1.29, 1.82) is 0 Å². The Morgan fingerprint density at radius 1 is 0.565 bits per heavy atom. The number of fused-ring (bicyclic) bond motifs is 6. The summed E-state index contributed by atoms with van der Waals surface area (Å²) in [6, 6.07) is 24.3. The van der Waals surface area contributed by atoms with Crippen LogP contribution in [0.15, 0.2) is 84.9 Å². The quantitative estimate of drug-likeness (QED) is 0.266. The Labute approximate surface area is 263 Å². The van der Waals surface area contributed by atoms with Crippen molar-refractivity contribution in [3.63, 3.8) is 0 Å². The van der Waals surface area contributed by atoms with E-state index in [4.69, 9.17) is 9.47 Å². The van der Waals surface area contributed by atoms with Crippen molar-refractivity contribution in [2.75, 3.05) is 48.6 Å². The molecule has 230 valence electrons. The number of nitrogens with one attached hydrogen (secondary N) is 4. The van der Waals surface area contributed by atoms with Crippen LogP contribution in [-0.2, 0) is 20.9 Å². The first-order chi connectivity index (χ1) is 22.3. The molecule has 12 heteroatoms. The van der Waals surface area contributed by atoms with E-state index >= 15 is 0 Å². The Hall–Kier alpha value is -6.04. The Balaban J connectivity index is 1.27. The van der Waals surface area contributed by atoms with Crippen LogP contribution in [0.25, 0.3) is 0 Å². The lowest BCUT2D eigenvalue weighted by Gasteiger charge is -2.48. The van der Waals surface area contributed by atoms with Gasteiger partial charge < -0.3 is 40.5 Å². The number of carbonyl (C=O) groups excluding carboxylic acids is 4. The molecule has 4 aromatic carbocycles. The first kappa shape index (κ1) is 27.5. The summed E-state index contributed by atoms with van der Waals surface area (Å²) in [6.07, 6.45) is 0. The van der Waals surface area contributed by atoms with Gasteiger partial charge in [-0.3, -0.25) is 19.2 Å². The van der Waals surface area contributed by atoms with Crippen molar-refractivity contribution < 1.29 is 28.7 Å². The maximum atomic E-state index is 14.4. The van der Waals surface area contributed by atoms with E-state index in [2.05, 4.69) is 21.3 Å². The van der Waals surface area contributed by atoms with Gasteiger partial charge in [-0.1, -0.05) is 24.3 Å². The standard InChI is InChI=1S/C34H28N6O6/c1-45-19-11-13-27-23(17-19)33(31(43)35-27)37-25-9-5-3-7-21(25)29(41)39(33)15-16-40-30(42)22-8-4-6-10-26(22)38-34(40)24-18-20(46-2)12-14-28(24)36-32(34)44/h3-14,17-18,37-38H,15-16H2,1-2H3,(H,35,43)(H,36,44). The summed E-state index contributed by atoms with van der Waals surface area (Å²) in [5.74, 6) is -0.746. The van der Waals surface area contributed by atoms with Gasteiger partial charge in [0.1, 0.15) is 11.5 Å². The molecule has 2 unspecified atom stereocenters. The number of hydrogen-bond donors (Lipinski definition) is 4. The van der Waals surface area contributed by atoms with E-state index in [1.165, 1.54) is 24.0 Å². The van der Waals surface area contributed by atoms with Gasteiger partial charge >= 0.3 is 0 Å². The number of hydrogen-bond acceptors (Lipinski definition) is 8. The average Bonchev–Trinajstić information content (AvgIpc) is 3.50. The second-order valence-electron chi connectivity index (χ2n) is 11.4. The lowest BCUT2D eigenvalue weighted by atomic mass is 9.91. The molecule has 0 saturated heterocycles. The van der Waals surface area contributed by atoms with Crippen molar-refractivity contribution in [2.24, 2.45) is 0 Å². The number of nitrogens with zero attached hydrogens (tertiary/aromatic N) is 2. The molecule has 0 aromatic heterocycles. The van der Waals surface area contributed by atoms with Crippen LogP contribution in [0.2, 0.25) is 0 Å². The van der Waals surface area contributed by atoms with Gasteiger partial charge in [-0.2, -0.15) is 0 Å². The Bertz CT molecular complexity index is 1870. The molecule has 8 rings (SSSR count). The lowest BCUT2D eigenvalue weighted by Crippen LogP contribution is -2.65. The summed E-state index contributed by atoms with van der Waals surface area (Å²) in [5, 5.41) is 12.5. The molecule has 0 saturated carbocycles. The zero-order valence-corrected chi connectivity index (χ0v) is 24.8. The van der Waals surface area contributed by atoms with Crippen LogP contribution in [0.3, 0.4) is 0 Å². The zero-order chi connectivity index (χ0) is 31.8. The van der Waals surface area contributed by atoms with Gasteiger partial charge in [0, 0.05) is 47.0 Å². The van der Waals surface area contributed by atoms with Crippen molar-refractivity contribution in [2.45, 2.75) is 11.3 Å².